The van der Waals surface area contributed by atoms with E-state index in [0.717, 1.165) is 30.6 Å². The number of aliphatic hydroxyl groups is 1. The van der Waals surface area contributed by atoms with E-state index in [2.05, 4.69) is 34.1 Å². The summed E-state index contributed by atoms with van der Waals surface area (Å²) >= 11 is 0. The average molecular weight is 526 g/mol. The first kappa shape index (κ1) is 29.5. The predicted molar refractivity (Wildman–Crippen MR) is 149 cm³/mol. The number of fused-ring (bicyclic) bond motifs is 1. The maximum atomic E-state index is 13.4. The van der Waals surface area contributed by atoms with Crippen LogP contribution < -0.4 is 10.1 Å². The van der Waals surface area contributed by atoms with Gasteiger partial charge < -0.3 is 25.0 Å². The lowest BCUT2D eigenvalue weighted by Crippen LogP contribution is -2.47. The van der Waals surface area contributed by atoms with Gasteiger partial charge in [0.25, 0.3) is 0 Å². The van der Waals surface area contributed by atoms with Gasteiger partial charge in [0.15, 0.2) is 0 Å². The quantitative estimate of drug-likeness (QED) is 0.465. The first-order valence-corrected chi connectivity index (χ1v) is 13.4. The summed E-state index contributed by atoms with van der Waals surface area (Å²) in [6, 6.07) is 9.22. The number of aliphatic hydroxyl groups excluding tert-OH is 1. The summed E-state index contributed by atoms with van der Waals surface area (Å²) in [5, 5.41) is 12.8. The minimum absolute atomic E-state index is 0.0230. The molecule has 0 aliphatic carbocycles. The highest BCUT2D eigenvalue weighted by molar-refractivity contribution is 5.91. The highest BCUT2D eigenvalue weighted by Crippen LogP contribution is 2.29. The Balaban J connectivity index is 1.82. The minimum Gasteiger partial charge on any atom is -0.488 e. The lowest BCUT2D eigenvalue weighted by atomic mass is 10.0. The molecule has 38 heavy (non-hydrogen) atoms. The minimum atomic E-state index is -0.304. The number of carbonyl (C=O) groups excluding carboxylic acids is 2. The van der Waals surface area contributed by atoms with Gasteiger partial charge in [0.2, 0.25) is 11.8 Å². The van der Waals surface area contributed by atoms with Crippen LogP contribution in [0.5, 0.6) is 5.75 Å². The molecule has 0 saturated carbocycles. The van der Waals surface area contributed by atoms with Crippen molar-refractivity contribution in [1.29, 1.82) is 0 Å². The van der Waals surface area contributed by atoms with E-state index in [1.165, 1.54) is 0 Å². The highest BCUT2D eigenvalue weighted by Gasteiger charge is 2.31. The van der Waals surface area contributed by atoms with Crippen molar-refractivity contribution in [3.8, 4) is 5.75 Å². The third-order valence-electron chi connectivity index (χ3n) is 6.90. The topological polar surface area (TPSA) is 98.2 Å². The smallest absolute Gasteiger partial charge is 0.227 e. The monoisotopic (exact) mass is 525 g/mol. The number of aromatic nitrogens is 1. The van der Waals surface area contributed by atoms with E-state index in [0.29, 0.717) is 30.9 Å². The van der Waals surface area contributed by atoms with Gasteiger partial charge in [0.05, 0.1) is 19.1 Å². The zero-order chi connectivity index (χ0) is 27.7. The number of carbonyl (C=O) groups is 2. The molecule has 0 radical (unpaired) electrons. The Morgan fingerprint density at radius 1 is 1.24 bits per heavy atom. The zero-order valence-corrected chi connectivity index (χ0v) is 23.4. The summed E-state index contributed by atoms with van der Waals surface area (Å²) in [4.78, 5) is 36.0. The van der Waals surface area contributed by atoms with Crippen LogP contribution >= 0.6 is 0 Å². The summed E-state index contributed by atoms with van der Waals surface area (Å²) in [6.07, 6.45) is 4.72. The van der Waals surface area contributed by atoms with Gasteiger partial charge in [-0.3, -0.25) is 19.5 Å². The zero-order valence-electron chi connectivity index (χ0n) is 23.4. The van der Waals surface area contributed by atoms with Gasteiger partial charge in [0.1, 0.15) is 11.9 Å². The molecule has 9 nitrogen and oxygen atoms in total. The fraction of sp³-hybridized carbons (Fsp3) is 0.552. The summed E-state index contributed by atoms with van der Waals surface area (Å²) in [6.45, 7) is 6.56. The molecule has 208 valence electrons. The number of benzene rings is 1. The number of rotatable bonds is 11. The van der Waals surface area contributed by atoms with Crippen LogP contribution in [0.15, 0.2) is 42.7 Å². The van der Waals surface area contributed by atoms with Crippen LogP contribution in [-0.4, -0.2) is 96.1 Å². The molecule has 0 saturated heterocycles. The number of anilines is 1. The molecular formula is C29H43N5O4. The molecule has 0 spiro atoms. The van der Waals surface area contributed by atoms with Crippen molar-refractivity contribution >= 4 is 17.5 Å². The van der Waals surface area contributed by atoms with Crippen LogP contribution in [0.3, 0.4) is 0 Å². The van der Waals surface area contributed by atoms with Crippen LogP contribution in [-0.2, 0) is 22.6 Å². The number of hydrogen-bond donors (Lipinski definition) is 2. The number of amides is 2. The number of likely N-dealkylation sites (N-methyl/N-ethyl adjacent to an activating group) is 1. The van der Waals surface area contributed by atoms with Gasteiger partial charge in [-0.25, -0.2) is 0 Å². The van der Waals surface area contributed by atoms with Crippen LogP contribution in [0.25, 0.3) is 0 Å². The normalized spacial score (nSPS) is 18.8. The molecule has 1 aromatic heterocycles. The average Bonchev–Trinajstić information content (AvgIpc) is 2.91. The van der Waals surface area contributed by atoms with E-state index in [-0.39, 0.29) is 42.9 Å². The van der Waals surface area contributed by atoms with Gasteiger partial charge in [-0.15, -0.1) is 0 Å². The maximum absolute atomic E-state index is 13.4. The maximum Gasteiger partial charge on any atom is 0.227 e. The van der Waals surface area contributed by atoms with Crippen molar-refractivity contribution in [3.63, 3.8) is 0 Å². The second-order valence-electron chi connectivity index (χ2n) is 10.7. The number of ether oxygens (including phenoxy) is 1. The molecular weight excluding hydrogens is 482 g/mol. The van der Waals surface area contributed by atoms with E-state index in [1.54, 1.807) is 17.3 Å². The number of hydrogen-bond acceptors (Lipinski definition) is 7. The molecule has 1 aliphatic heterocycles. The fourth-order valence-electron chi connectivity index (χ4n) is 4.68. The Labute approximate surface area is 226 Å². The van der Waals surface area contributed by atoms with Crippen molar-refractivity contribution in [2.75, 3.05) is 52.7 Å². The summed E-state index contributed by atoms with van der Waals surface area (Å²) in [7, 11) is 6.02. The number of pyridine rings is 1. The third-order valence-corrected chi connectivity index (χ3v) is 6.90. The van der Waals surface area contributed by atoms with E-state index in [1.807, 2.05) is 51.4 Å². The molecule has 3 atom stereocenters. The Bertz CT molecular complexity index is 1050. The van der Waals surface area contributed by atoms with Crippen molar-refractivity contribution in [2.24, 2.45) is 5.92 Å². The molecule has 9 heteroatoms. The van der Waals surface area contributed by atoms with E-state index >= 15 is 0 Å². The van der Waals surface area contributed by atoms with Gasteiger partial charge in [-0.2, -0.15) is 0 Å². The number of nitrogens with zero attached hydrogens (tertiary/aromatic N) is 4. The van der Waals surface area contributed by atoms with Crippen LogP contribution in [0.1, 0.15) is 37.8 Å². The Morgan fingerprint density at radius 3 is 2.66 bits per heavy atom. The standard InChI is InChI=1S/C29H43N5O4/c1-21-17-34(22(2)20-35)29(37)16-24-15-25(31-28(36)7-6-14-32(3)4)8-9-26(24)38-27(21)19-33(5)18-23-10-12-30-13-11-23/h8-13,15,21-22,27,35H,6-7,14,16-20H2,1-5H3,(H,31,36). The van der Waals surface area contributed by atoms with E-state index < -0.39 is 0 Å². The molecule has 1 aliphatic rings. The predicted octanol–water partition coefficient (Wildman–Crippen LogP) is 2.64. The highest BCUT2D eigenvalue weighted by atomic mass is 16.5. The molecule has 2 heterocycles. The lowest BCUT2D eigenvalue weighted by molar-refractivity contribution is -0.134. The molecule has 3 rings (SSSR count). The van der Waals surface area contributed by atoms with Gasteiger partial charge in [-0.1, -0.05) is 6.92 Å². The van der Waals surface area contributed by atoms with Crippen LogP contribution in [0, 0.1) is 5.92 Å². The van der Waals surface area contributed by atoms with Gasteiger partial charge >= 0.3 is 0 Å². The molecule has 1 aromatic carbocycles. The fourth-order valence-corrected chi connectivity index (χ4v) is 4.68. The van der Waals surface area contributed by atoms with Gasteiger partial charge in [-0.05, 0) is 76.9 Å². The van der Waals surface area contributed by atoms with Gasteiger partial charge in [0, 0.05) is 55.6 Å². The molecule has 2 N–H and O–H groups in total. The van der Waals surface area contributed by atoms with Crippen molar-refractivity contribution < 1.29 is 19.4 Å². The summed E-state index contributed by atoms with van der Waals surface area (Å²) in [5.41, 5.74) is 2.54. The SMILES string of the molecule is CC1CN(C(C)CO)C(=O)Cc2cc(NC(=O)CCCN(C)C)ccc2OC1CN(C)Cc1ccncc1. The summed E-state index contributed by atoms with van der Waals surface area (Å²) in [5.74, 6) is 0.553. The second-order valence-corrected chi connectivity index (χ2v) is 10.7. The first-order chi connectivity index (χ1) is 18.2. The van der Waals surface area contributed by atoms with Crippen LogP contribution in [0.4, 0.5) is 5.69 Å². The molecule has 2 aromatic rings. The molecule has 3 unspecified atom stereocenters. The Kier molecular flexibility index (Phi) is 11.1. The number of nitrogens with one attached hydrogen (secondary N) is 1. The molecule has 0 fully saturated rings. The molecule has 2 amide bonds. The second kappa shape index (κ2) is 14.2. The van der Waals surface area contributed by atoms with Crippen molar-refractivity contribution in [2.45, 2.75) is 51.8 Å². The van der Waals surface area contributed by atoms with Crippen molar-refractivity contribution in [3.05, 3.63) is 53.9 Å². The first-order valence-electron chi connectivity index (χ1n) is 13.4. The van der Waals surface area contributed by atoms with Crippen molar-refractivity contribution in [1.82, 2.24) is 19.7 Å². The van der Waals surface area contributed by atoms with E-state index in [4.69, 9.17) is 4.74 Å². The Morgan fingerprint density at radius 2 is 1.97 bits per heavy atom. The van der Waals surface area contributed by atoms with E-state index in [9.17, 15) is 14.7 Å². The summed E-state index contributed by atoms with van der Waals surface area (Å²) < 4.78 is 6.59. The lowest BCUT2D eigenvalue weighted by Gasteiger charge is -2.34. The Hall–Kier alpha value is -3.01. The largest absolute Gasteiger partial charge is 0.488 e. The third kappa shape index (κ3) is 8.79. The van der Waals surface area contributed by atoms with Crippen LogP contribution in [0.2, 0.25) is 0 Å². The molecule has 0 bridgehead atoms.